The number of nitrogens with zero attached hydrogens (tertiary/aromatic N) is 1. The molecular weight excluding hydrogens is 354 g/mol. The third-order valence-electron chi connectivity index (χ3n) is 4.59. The molecule has 0 spiro atoms. The zero-order chi connectivity index (χ0) is 21.3. The third kappa shape index (κ3) is 7.80. The Morgan fingerprint density at radius 2 is 1.64 bits per heavy atom. The van der Waals surface area contributed by atoms with E-state index in [-0.39, 0.29) is 23.7 Å². The van der Waals surface area contributed by atoms with Gasteiger partial charge < -0.3 is 16.0 Å². The molecule has 1 rings (SSSR count). The molecular formula is C22H34N3O3. The maximum atomic E-state index is 12.9. The molecule has 3 atom stereocenters. The van der Waals surface area contributed by atoms with Crippen molar-refractivity contribution in [3.8, 4) is 0 Å². The molecule has 1 aromatic rings. The van der Waals surface area contributed by atoms with E-state index in [4.69, 9.17) is 5.73 Å². The molecule has 6 heteroatoms. The molecule has 0 aliphatic rings. The normalized spacial score (nSPS) is 14.4. The SMILES string of the molecule is CC(C)C[C@@H]([C]=O)NC(=O)[C@H](CC(C)C)N(C)C(=O)[C@@H](N)Cc1ccccc1. The van der Waals surface area contributed by atoms with Gasteiger partial charge in [-0.25, -0.2) is 0 Å². The third-order valence-corrected chi connectivity index (χ3v) is 4.59. The highest BCUT2D eigenvalue weighted by molar-refractivity contribution is 5.90. The second-order valence-corrected chi connectivity index (χ2v) is 8.20. The lowest BCUT2D eigenvalue weighted by atomic mass is 9.99. The zero-order valence-corrected chi connectivity index (χ0v) is 17.6. The van der Waals surface area contributed by atoms with E-state index in [1.54, 1.807) is 7.05 Å². The van der Waals surface area contributed by atoms with Crippen molar-refractivity contribution in [2.75, 3.05) is 7.05 Å². The van der Waals surface area contributed by atoms with E-state index in [1.807, 2.05) is 64.3 Å². The predicted molar refractivity (Wildman–Crippen MR) is 111 cm³/mol. The Kier molecular flexibility index (Phi) is 9.87. The lowest BCUT2D eigenvalue weighted by Crippen LogP contribution is -2.55. The number of carbonyl (C=O) groups is 2. The van der Waals surface area contributed by atoms with Crippen LogP contribution in [0.15, 0.2) is 30.3 Å². The fraction of sp³-hybridized carbons (Fsp3) is 0.591. The molecule has 0 fully saturated rings. The highest BCUT2D eigenvalue weighted by Gasteiger charge is 2.31. The van der Waals surface area contributed by atoms with Crippen molar-refractivity contribution in [2.45, 2.75) is 65.1 Å². The van der Waals surface area contributed by atoms with E-state index in [0.29, 0.717) is 19.3 Å². The summed E-state index contributed by atoms with van der Waals surface area (Å²) >= 11 is 0. The second kappa shape index (κ2) is 11.6. The van der Waals surface area contributed by atoms with Gasteiger partial charge in [0.25, 0.3) is 0 Å². The van der Waals surface area contributed by atoms with Crippen molar-refractivity contribution in [3.63, 3.8) is 0 Å². The van der Waals surface area contributed by atoms with Crippen LogP contribution in [-0.4, -0.2) is 48.2 Å². The summed E-state index contributed by atoms with van der Waals surface area (Å²) < 4.78 is 0. The van der Waals surface area contributed by atoms with E-state index in [9.17, 15) is 14.4 Å². The van der Waals surface area contributed by atoms with Gasteiger partial charge in [0.2, 0.25) is 18.1 Å². The summed E-state index contributed by atoms with van der Waals surface area (Å²) in [7, 11) is 1.60. The van der Waals surface area contributed by atoms with Crippen molar-refractivity contribution < 1.29 is 14.4 Å². The van der Waals surface area contributed by atoms with Crippen molar-refractivity contribution in [3.05, 3.63) is 35.9 Å². The molecule has 6 nitrogen and oxygen atoms in total. The predicted octanol–water partition coefficient (Wildman–Crippen LogP) is 2.07. The number of benzene rings is 1. The van der Waals surface area contributed by atoms with Gasteiger partial charge in [0.1, 0.15) is 6.04 Å². The van der Waals surface area contributed by atoms with Gasteiger partial charge in [-0.3, -0.25) is 14.4 Å². The smallest absolute Gasteiger partial charge is 0.243 e. The second-order valence-electron chi connectivity index (χ2n) is 8.20. The van der Waals surface area contributed by atoms with Gasteiger partial charge in [0.15, 0.2) is 0 Å². The molecule has 28 heavy (non-hydrogen) atoms. The Labute approximate surface area is 168 Å². The Bertz CT molecular complexity index is 631. The van der Waals surface area contributed by atoms with Gasteiger partial charge in [-0.15, -0.1) is 0 Å². The molecule has 0 saturated carbocycles. The van der Waals surface area contributed by atoms with Crippen molar-refractivity contribution in [1.29, 1.82) is 0 Å². The number of hydrogen-bond donors (Lipinski definition) is 2. The highest BCUT2D eigenvalue weighted by atomic mass is 16.2. The van der Waals surface area contributed by atoms with Crippen molar-refractivity contribution >= 4 is 18.1 Å². The van der Waals surface area contributed by atoms with Gasteiger partial charge in [-0.2, -0.15) is 0 Å². The van der Waals surface area contributed by atoms with Crippen LogP contribution in [0.1, 0.15) is 46.1 Å². The Morgan fingerprint density at radius 1 is 1.07 bits per heavy atom. The fourth-order valence-electron chi connectivity index (χ4n) is 3.13. The summed E-state index contributed by atoms with van der Waals surface area (Å²) in [6, 6.07) is 7.44. The quantitative estimate of drug-likeness (QED) is 0.607. The first kappa shape index (κ1) is 23.8. The van der Waals surface area contributed by atoms with E-state index in [2.05, 4.69) is 5.32 Å². The number of amides is 2. The summed E-state index contributed by atoms with van der Waals surface area (Å²) in [6.07, 6.45) is 3.28. The van der Waals surface area contributed by atoms with Crippen LogP contribution in [-0.2, 0) is 20.8 Å². The Balaban J connectivity index is 2.87. The van der Waals surface area contributed by atoms with Crippen LogP contribution in [0, 0.1) is 11.8 Å². The number of likely N-dealkylation sites (N-methyl/N-ethyl adjacent to an activating group) is 1. The summed E-state index contributed by atoms with van der Waals surface area (Å²) in [5, 5.41) is 2.73. The molecule has 1 aromatic carbocycles. The molecule has 0 aliphatic heterocycles. The summed E-state index contributed by atoms with van der Waals surface area (Å²) in [6.45, 7) is 7.92. The number of carbonyl (C=O) groups excluding carboxylic acids is 3. The molecule has 0 unspecified atom stereocenters. The van der Waals surface area contributed by atoms with Gasteiger partial charge in [-0.1, -0.05) is 58.0 Å². The van der Waals surface area contributed by atoms with E-state index in [1.165, 1.54) is 4.90 Å². The molecule has 1 radical (unpaired) electrons. The summed E-state index contributed by atoms with van der Waals surface area (Å²) in [5.74, 6) is -0.195. The average Bonchev–Trinajstić information content (AvgIpc) is 2.64. The molecule has 0 aliphatic carbocycles. The van der Waals surface area contributed by atoms with Crippen LogP contribution in [0.4, 0.5) is 0 Å². The standard InChI is InChI=1S/C22H34N3O3/c1-15(2)11-18(14-26)24-21(27)20(12-16(3)4)25(5)22(28)19(23)13-17-9-7-6-8-10-17/h6-10,15-16,18-20H,11-13,23H2,1-5H3,(H,24,27)/t18-,19-,20-/m0/s1. The maximum Gasteiger partial charge on any atom is 0.243 e. The van der Waals surface area contributed by atoms with Crippen LogP contribution >= 0.6 is 0 Å². The molecule has 3 N–H and O–H groups in total. The van der Waals surface area contributed by atoms with E-state index in [0.717, 1.165) is 5.56 Å². The molecule has 0 heterocycles. The van der Waals surface area contributed by atoms with Crippen molar-refractivity contribution in [1.82, 2.24) is 10.2 Å². The number of nitrogens with one attached hydrogen (secondary N) is 1. The minimum atomic E-state index is -0.737. The van der Waals surface area contributed by atoms with Crippen LogP contribution in [0.3, 0.4) is 0 Å². The Hall–Kier alpha value is -2.21. The first-order valence-electron chi connectivity index (χ1n) is 9.89. The monoisotopic (exact) mass is 388 g/mol. The lowest BCUT2D eigenvalue weighted by molar-refractivity contribution is -0.140. The van der Waals surface area contributed by atoms with Gasteiger partial charge in [0, 0.05) is 7.05 Å². The van der Waals surface area contributed by atoms with E-state index >= 15 is 0 Å². The summed E-state index contributed by atoms with van der Waals surface area (Å²) in [4.78, 5) is 38.3. The van der Waals surface area contributed by atoms with Crippen LogP contribution in [0.5, 0.6) is 0 Å². The van der Waals surface area contributed by atoms with Crippen LogP contribution in [0.2, 0.25) is 0 Å². The molecule has 0 saturated heterocycles. The minimum Gasteiger partial charge on any atom is -0.344 e. The van der Waals surface area contributed by atoms with E-state index < -0.39 is 18.1 Å². The van der Waals surface area contributed by atoms with Crippen LogP contribution in [0.25, 0.3) is 0 Å². The first-order valence-corrected chi connectivity index (χ1v) is 9.89. The number of rotatable bonds is 11. The molecule has 0 bridgehead atoms. The molecule has 2 amide bonds. The average molecular weight is 389 g/mol. The van der Waals surface area contributed by atoms with Gasteiger partial charge in [-0.05, 0) is 36.7 Å². The Morgan fingerprint density at radius 3 is 2.14 bits per heavy atom. The van der Waals surface area contributed by atoms with Crippen molar-refractivity contribution in [2.24, 2.45) is 17.6 Å². The van der Waals surface area contributed by atoms with Crippen LogP contribution < -0.4 is 11.1 Å². The number of nitrogens with two attached hydrogens (primary N) is 1. The first-order chi connectivity index (χ1) is 13.1. The molecule has 0 aromatic heterocycles. The van der Waals surface area contributed by atoms with Gasteiger partial charge >= 0.3 is 0 Å². The maximum absolute atomic E-state index is 12.9. The minimum absolute atomic E-state index is 0.195. The number of hydrogen-bond acceptors (Lipinski definition) is 4. The molecule has 155 valence electrons. The van der Waals surface area contributed by atoms with Gasteiger partial charge in [0.05, 0.1) is 12.1 Å². The fourth-order valence-corrected chi connectivity index (χ4v) is 3.13. The topological polar surface area (TPSA) is 92.5 Å². The largest absolute Gasteiger partial charge is 0.344 e. The lowest BCUT2D eigenvalue weighted by Gasteiger charge is -2.31. The highest BCUT2D eigenvalue weighted by Crippen LogP contribution is 2.14. The zero-order valence-electron chi connectivity index (χ0n) is 17.6. The summed E-state index contributed by atoms with van der Waals surface area (Å²) in [5.41, 5.74) is 7.09.